The third-order valence-electron chi connectivity index (χ3n) is 7.18. The molecule has 1 aliphatic carbocycles. The lowest BCUT2D eigenvalue weighted by Crippen LogP contribution is -2.46. The minimum absolute atomic E-state index is 0.0310. The van der Waals surface area contributed by atoms with E-state index in [1.54, 1.807) is 16.4 Å². The normalized spacial score (nSPS) is 16.2. The summed E-state index contributed by atoms with van der Waals surface area (Å²) in [6.45, 7) is 2.21. The van der Waals surface area contributed by atoms with E-state index in [-0.39, 0.29) is 24.0 Å². The molecule has 190 valence electrons. The molecule has 1 aliphatic rings. The van der Waals surface area contributed by atoms with Crippen molar-refractivity contribution in [2.45, 2.75) is 62.6 Å². The minimum Gasteiger partial charge on any atom is -0.390 e. The fourth-order valence-corrected chi connectivity index (χ4v) is 7.45. The number of hydrogen-bond acceptors (Lipinski definition) is 3. The number of halogens is 2. The molecule has 36 heavy (non-hydrogen) atoms. The van der Waals surface area contributed by atoms with Crippen LogP contribution in [0.15, 0.2) is 65.6 Å². The highest BCUT2D eigenvalue weighted by molar-refractivity contribution is 7.89. The van der Waals surface area contributed by atoms with Crippen LogP contribution in [0.4, 0.5) is 0 Å². The molecular weight excluding hydrogens is 515 g/mol. The van der Waals surface area contributed by atoms with Gasteiger partial charge in [-0.3, -0.25) is 0 Å². The molecule has 0 spiro atoms. The molecule has 1 fully saturated rings. The summed E-state index contributed by atoms with van der Waals surface area (Å²) < 4.78 is 31.1. The molecule has 1 heterocycles. The first-order valence-electron chi connectivity index (χ1n) is 12.4. The van der Waals surface area contributed by atoms with Crippen LogP contribution in [0.5, 0.6) is 0 Å². The zero-order chi connectivity index (χ0) is 25.4. The largest absolute Gasteiger partial charge is 0.390 e. The van der Waals surface area contributed by atoms with Gasteiger partial charge in [0, 0.05) is 44.4 Å². The first-order chi connectivity index (χ1) is 17.2. The maximum atomic E-state index is 13.8. The Bertz CT molecular complexity index is 1430. The van der Waals surface area contributed by atoms with E-state index in [4.69, 9.17) is 23.2 Å². The molecule has 1 unspecified atom stereocenters. The first kappa shape index (κ1) is 25.6. The summed E-state index contributed by atoms with van der Waals surface area (Å²) in [4.78, 5) is 0.270. The van der Waals surface area contributed by atoms with Crippen molar-refractivity contribution in [1.82, 2.24) is 8.87 Å². The van der Waals surface area contributed by atoms with Gasteiger partial charge in [-0.2, -0.15) is 4.31 Å². The summed E-state index contributed by atoms with van der Waals surface area (Å²) in [6, 6.07) is 18.1. The molecule has 0 amide bonds. The second kappa shape index (κ2) is 10.3. The van der Waals surface area contributed by atoms with E-state index in [1.165, 1.54) is 0 Å². The van der Waals surface area contributed by atoms with Gasteiger partial charge in [0.1, 0.15) is 0 Å². The number of aliphatic hydroxyl groups is 1. The van der Waals surface area contributed by atoms with Gasteiger partial charge in [-0.1, -0.05) is 60.2 Å². The van der Waals surface area contributed by atoms with Crippen LogP contribution in [0.1, 0.15) is 37.7 Å². The molecule has 5 nitrogen and oxygen atoms in total. The van der Waals surface area contributed by atoms with Crippen molar-refractivity contribution in [2.75, 3.05) is 6.54 Å². The van der Waals surface area contributed by atoms with Crippen molar-refractivity contribution in [3.63, 3.8) is 0 Å². The van der Waals surface area contributed by atoms with Gasteiger partial charge >= 0.3 is 0 Å². The monoisotopic (exact) mass is 544 g/mol. The van der Waals surface area contributed by atoms with Crippen LogP contribution >= 0.6 is 23.2 Å². The molecule has 0 bridgehead atoms. The van der Waals surface area contributed by atoms with Crippen LogP contribution in [-0.4, -0.2) is 41.1 Å². The molecule has 0 aliphatic heterocycles. The van der Waals surface area contributed by atoms with Gasteiger partial charge in [-0.05, 0) is 68.3 Å². The number of aryl methyl sites for hydroxylation is 1. The summed E-state index contributed by atoms with van der Waals surface area (Å²) in [6.07, 6.45) is 3.82. The Balaban J connectivity index is 1.50. The summed E-state index contributed by atoms with van der Waals surface area (Å²) in [5, 5.41) is 14.5. The Labute approximate surface area is 222 Å². The zero-order valence-corrected chi connectivity index (χ0v) is 22.5. The van der Waals surface area contributed by atoms with Gasteiger partial charge in [0.2, 0.25) is 10.0 Å². The van der Waals surface area contributed by atoms with E-state index in [1.807, 2.05) is 60.0 Å². The SMILES string of the molecule is Cc1ccc(S(=O)(=O)N(CC(O)Cn2c3ccc(Cl)cc3c3cc(Cl)ccc32)C2CCCCC2)cc1. The Morgan fingerprint density at radius 1 is 0.917 bits per heavy atom. The molecule has 1 saturated carbocycles. The number of fused-ring (bicyclic) bond motifs is 3. The highest BCUT2D eigenvalue weighted by atomic mass is 35.5. The van der Waals surface area contributed by atoms with E-state index in [9.17, 15) is 13.5 Å². The third kappa shape index (κ3) is 5.02. The third-order valence-corrected chi connectivity index (χ3v) is 9.59. The van der Waals surface area contributed by atoms with Gasteiger partial charge in [-0.25, -0.2) is 8.42 Å². The van der Waals surface area contributed by atoms with Crippen LogP contribution in [0.3, 0.4) is 0 Å². The van der Waals surface area contributed by atoms with Crippen molar-refractivity contribution in [2.24, 2.45) is 0 Å². The Morgan fingerprint density at radius 2 is 1.47 bits per heavy atom. The van der Waals surface area contributed by atoms with Crippen molar-refractivity contribution in [1.29, 1.82) is 0 Å². The average molecular weight is 546 g/mol. The molecule has 1 aromatic heterocycles. The van der Waals surface area contributed by atoms with E-state index in [0.29, 0.717) is 10.0 Å². The Morgan fingerprint density at radius 3 is 2.03 bits per heavy atom. The maximum absolute atomic E-state index is 13.8. The zero-order valence-electron chi connectivity index (χ0n) is 20.2. The lowest BCUT2D eigenvalue weighted by molar-refractivity contribution is 0.109. The number of benzene rings is 3. The lowest BCUT2D eigenvalue weighted by Gasteiger charge is -2.35. The molecule has 0 radical (unpaired) electrons. The fraction of sp³-hybridized carbons (Fsp3) is 0.357. The van der Waals surface area contributed by atoms with Gasteiger partial charge in [0.25, 0.3) is 0 Å². The van der Waals surface area contributed by atoms with Crippen molar-refractivity contribution >= 4 is 55.0 Å². The minimum atomic E-state index is -3.76. The van der Waals surface area contributed by atoms with Gasteiger partial charge in [0.05, 0.1) is 17.5 Å². The van der Waals surface area contributed by atoms with Crippen LogP contribution in [0.25, 0.3) is 21.8 Å². The predicted octanol–water partition coefficient (Wildman–Crippen LogP) is 6.79. The molecule has 8 heteroatoms. The van der Waals surface area contributed by atoms with Crippen LogP contribution < -0.4 is 0 Å². The molecule has 0 saturated heterocycles. The Hall–Kier alpha value is -2.09. The molecule has 1 N–H and O–H groups in total. The molecular formula is C28H30Cl2N2O3S. The quantitative estimate of drug-likeness (QED) is 0.278. The number of hydrogen-bond donors (Lipinski definition) is 1. The average Bonchev–Trinajstić information content (AvgIpc) is 3.15. The van der Waals surface area contributed by atoms with Gasteiger partial charge < -0.3 is 9.67 Å². The molecule has 3 aromatic carbocycles. The van der Waals surface area contributed by atoms with E-state index in [2.05, 4.69) is 0 Å². The molecule has 5 rings (SSSR count). The topological polar surface area (TPSA) is 62.5 Å². The van der Waals surface area contributed by atoms with Crippen LogP contribution in [0.2, 0.25) is 10.0 Å². The standard InChI is InChI=1S/C28H30Cl2N2O3S/c1-19-7-11-24(12-8-19)36(34,35)32(22-5-3-2-4-6-22)18-23(33)17-31-27-13-9-20(29)15-25(27)26-16-21(30)10-14-28(26)31/h7-16,22-23,33H,2-6,17-18H2,1H3. The van der Waals surface area contributed by atoms with Crippen molar-refractivity contribution in [3.05, 3.63) is 76.3 Å². The first-order valence-corrected chi connectivity index (χ1v) is 14.6. The predicted molar refractivity (Wildman–Crippen MR) is 147 cm³/mol. The van der Waals surface area contributed by atoms with Crippen LogP contribution in [0, 0.1) is 6.92 Å². The number of sulfonamides is 1. The van der Waals surface area contributed by atoms with Crippen LogP contribution in [-0.2, 0) is 16.6 Å². The second-order valence-electron chi connectivity index (χ2n) is 9.77. The summed E-state index contributed by atoms with van der Waals surface area (Å²) >= 11 is 12.6. The van der Waals surface area contributed by atoms with Gasteiger partial charge in [0.15, 0.2) is 0 Å². The number of rotatable bonds is 7. The van der Waals surface area contributed by atoms with Crippen molar-refractivity contribution in [3.8, 4) is 0 Å². The van der Waals surface area contributed by atoms with E-state index >= 15 is 0 Å². The highest BCUT2D eigenvalue weighted by Gasteiger charge is 2.34. The number of aromatic nitrogens is 1. The lowest BCUT2D eigenvalue weighted by atomic mass is 9.95. The smallest absolute Gasteiger partial charge is 0.243 e. The fourth-order valence-electron chi connectivity index (χ4n) is 5.38. The van der Waals surface area contributed by atoms with E-state index in [0.717, 1.165) is 59.5 Å². The Kier molecular flexibility index (Phi) is 7.34. The summed E-state index contributed by atoms with van der Waals surface area (Å²) in [5.41, 5.74) is 2.84. The highest BCUT2D eigenvalue weighted by Crippen LogP contribution is 2.34. The number of nitrogens with zero attached hydrogens (tertiary/aromatic N) is 2. The second-order valence-corrected chi connectivity index (χ2v) is 12.5. The maximum Gasteiger partial charge on any atom is 0.243 e. The molecule has 1 atom stereocenters. The summed E-state index contributed by atoms with van der Waals surface area (Å²) in [7, 11) is -3.76. The van der Waals surface area contributed by atoms with Crippen molar-refractivity contribution < 1.29 is 13.5 Å². The molecule has 4 aromatic rings. The summed E-state index contributed by atoms with van der Waals surface area (Å²) in [5.74, 6) is 0. The van der Waals surface area contributed by atoms with Gasteiger partial charge in [-0.15, -0.1) is 0 Å². The van der Waals surface area contributed by atoms with E-state index < -0.39 is 16.1 Å². The number of aliphatic hydroxyl groups excluding tert-OH is 1.